The van der Waals surface area contributed by atoms with Crippen molar-refractivity contribution in [1.29, 1.82) is 5.26 Å². The Morgan fingerprint density at radius 2 is 1.92 bits per heavy atom. The Hall–Kier alpha value is -3.57. The summed E-state index contributed by atoms with van der Waals surface area (Å²) in [4.78, 5) is 14.9. The fraction of sp³-hybridized carbons (Fsp3) is 0. The molecule has 1 aromatic heterocycles. The molecule has 1 heterocycles. The summed E-state index contributed by atoms with van der Waals surface area (Å²) < 4.78 is 0. The second kappa shape index (κ2) is 7.33. The molecular formula is C17H11N5O2S. The maximum absolute atomic E-state index is 11.0. The van der Waals surface area contributed by atoms with Gasteiger partial charge < -0.3 is 0 Å². The van der Waals surface area contributed by atoms with Gasteiger partial charge in [-0.2, -0.15) is 10.4 Å². The highest BCUT2D eigenvalue weighted by Crippen LogP contribution is 2.24. The number of rotatable bonds is 5. The number of nitrogens with zero attached hydrogens (tertiary/aromatic N) is 4. The van der Waals surface area contributed by atoms with E-state index in [4.69, 9.17) is 0 Å². The molecule has 0 atom stereocenters. The molecule has 0 amide bonds. The van der Waals surface area contributed by atoms with Gasteiger partial charge >= 0.3 is 0 Å². The topological polar surface area (TPSA) is 104 Å². The minimum Gasteiger partial charge on any atom is -0.270 e. The van der Waals surface area contributed by atoms with Crippen molar-refractivity contribution in [3.8, 4) is 17.3 Å². The van der Waals surface area contributed by atoms with Gasteiger partial charge in [-0.3, -0.25) is 15.5 Å². The highest BCUT2D eigenvalue weighted by Gasteiger charge is 2.14. The third kappa shape index (κ3) is 3.68. The lowest BCUT2D eigenvalue weighted by Gasteiger charge is -2.01. The first-order chi connectivity index (χ1) is 12.2. The van der Waals surface area contributed by atoms with Gasteiger partial charge in [-0.05, 0) is 6.07 Å². The van der Waals surface area contributed by atoms with Gasteiger partial charge in [0.15, 0.2) is 10.7 Å². The highest BCUT2D eigenvalue weighted by atomic mass is 32.1. The molecule has 25 heavy (non-hydrogen) atoms. The molecular weight excluding hydrogens is 338 g/mol. The molecule has 2 aromatic carbocycles. The number of nitriles is 1. The molecule has 0 radical (unpaired) electrons. The molecule has 7 nitrogen and oxygen atoms in total. The highest BCUT2D eigenvalue weighted by molar-refractivity contribution is 7.12. The van der Waals surface area contributed by atoms with E-state index < -0.39 is 4.92 Å². The number of para-hydroxylation sites is 2. The van der Waals surface area contributed by atoms with Gasteiger partial charge in [0.25, 0.3) is 5.69 Å². The molecule has 0 bridgehead atoms. The van der Waals surface area contributed by atoms with E-state index in [1.165, 1.54) is 23.5 Å². The van der Waals surface area contributed by atoms with Crippen LogP contribution in [0.4, 0.5) is 11.4 Å². The third-order valence-corrected chi connectivity index (χ3v) is 4.12. The maximum Gasteiger partial charge on any atom is 0.294 e. The van der Waals surface area contributed by atoms with E-state index in [1.54, 1.807) is 12.1 Å². The molecule has 3 rings (SSSR count). The van der Waals surface area contributed by atoms with Gasteiger partial charge in [-0.25, -0.2) is 4.98 Å². The molecule has 8 heteroatoms. The molecule has 122 valence electrons. The Bertz CT molecular complexity index is 976. The molecule has 1 N–H and O–H groups in total. The number of anilines is 1. The van der Waals surface area contributed by atoms with Crippen LogP contribution in [0.15, 0.2) is 65.1 Å². The molecule has 0 aliphatic rings. The summed E-state index contributed by atoms with van der Waals surface area (Å²) in [5.41, 5.74) is 4.42. The Kier molecular flexibility index (Phi) is 4.78. The van der Waals surface area contributed by atoms with Crippen LogP contribution in [0, 0.1) is 21.4 Å². The molecule has 3 aromatic rings. The average Bonchev–Trinajstić information content (AvgIpc) is 3.13. The predicted molar refractivity (Wildman–Crippen MR) is 96.4 cm³/mol. The van der Waals surface area contributed by atoms with Crippen LogP contribution in [0.5, 0.6) is 0 Å². The maximum atomic E-state index is 11.0. The predicted octanol–water partition coefficient (Wildman–Crippen LogP) is 4.06. The summed E-state index contributed by atoms with van der Waals surface area (Å²) in [7, 11) is 0. The number of hydrogen-bond donors (Lipinski definition) is 1. The van der Waals surface area contributed by atoms with Crippen LogP contribution in [-0.4, -0.2) is 15.6 Å². The number of nitro benzene ring substituents is 1. The van der Waals surface area contributed by atoms with Gasteiger partial charge in [0.05, 0.1) is 10.6 Å². The van der Waals surface area contributed by atoms with E-state index in [9.17, 15) is 15.4 Å². The van der Waals surface area contributed by atoms with E-state index in [-0.39, 0.29) is 17.1 Å². The van der Waals surface area contributed by atoms with Crippen LogP contribution in [0.2, 0.25) is 0 Å². The summed E-state index contributed by atoms with van der Waals surface area (Å²) in [5.74, 6) is 0. The van der Waals surface area contributed by atoms with Crippen LogP contribution in [-0.2, 0) is 0 Å². The number of thiazole rings is 1. The Morgan fingerprint density at radius 1 is 1.20 bits per heavy atom. The van der Waals surface area contributed by atoms with Crippen molar-refractivity contribution in [3.63, 3.8) is 0 Å². The Labute approximate surface area is 147 Å². The van der Waals surface area contributed by atoms with Gasteiger partial charge in [0.1, 0.15) is 11.8 Å². The SMILES string of the molecule is N#C/C(=N\Nc1ccccc1[N+](=O)[O-])c1nc(-c2ccccc2)cs1. The van der Waals surface area contributed by atoms with Crippen LogP contribution in [0.1, 0.15) is 5.01 Å². The Balaban J connectivity index is 1.87. The molecule has 0 aliphatic carbocycles. The van der Waals surface area contributed by atoms with Gasteiger partial charge in [0, 0.05) is 17.0 Å². The van der Waals surface area contributed by atoms with E-state index >= 15 is 0 Å². The van der Waals surface area contributed by atoms with Gasteiger partial charge in [0.2, 0.25) is 0 Å². The zero-order valence-corrected chi connectivity index (χ0v) is 13.6. The van der Waals surface area contributed by atoms with Crippen molar-refractivity contribution in [3.05, 3.63) is 75.1 Å². The van der Waals surface area contributed by atoms with E-state index in [1.807, 2.05) is 41.8 Å². The minimum atomic E-state index is -0.513. The first-order valence-electron chi connectivity index (χ1n) is 7.17. The normalized spacial score (nSPS) is 10.9. The smallest absolute Gasteiger partial charge is 0.270 e. The fourth-order valence-corrected chi connectivity index (χ4v) is 2.85. The second-order valence-corrected chi connectivity index (χ2v) is 5.72. The molecule has 0 spiro atoms. The number of nitrogens with one attached hydrogen (secondary N) is 1. The quantitative estimate of drug-likeness (QED) is 0.425. The number of benzene rings is 2. The average molecular weight is 349 g/mol. The summed E-state index contributed by atoms with van der Waals surface area (Å²) in [6, 6.07) is 17.6. The monoisotopic (exact) mass is 349 g/mol. The summed E-state index contributed by atoms with van der Waals surface area (Å²) in [6.07, 6.45) is 0. The van der Waals surface area contributed by atoms with E-state index in [0.717, 1.165) is 11.3 Å². The van der Waals surface area contributed by atoms with Crippen molar-refractivity contribution in [2.24, 2.45) is 5.10 Å². The van der Waals surface area contributed by atoms with Crippen LogP contribution < -0.4 is 5.43 Å². The lowest BCUT2D eigenvalue weighted by Crippen LogP contribution is -2.03. The molecule has 0 unspecified atom stereocenters. The number of aromatic nitrogens is 1. The molecule has 0 saturated carbocycles. The van der Waals surface area contributed by atoms with Crippen LogP contribution >= 0.6 is 11.3 Å². The van der Waals surface area contributed by atoms with Crippen molar-refractivity contribution >= 4 is 28.4 Å². The number of hydrogen-bond acceptors (Lipinski definition) is 7. The Morgan fingerprint density at radius 3 is 2.64 bits per heavy atom. The largest absolute Gasteiger partial charge is 0.294 e. The zero-order chi connectivity index (χ0) is 17.6. The number of hydrazone groups is 1. The van der Waals surface area contributed by atoms with Crippen LogP contribution in [0.25, 0.3) is 11.3 Å². The molecule has 0 fully saturated rings. The number of nitro groups is 1. The zero-order valence-electron chi connectivity index (χ0n) is 12.8. The molecule has 0 saturated heterocycles. The van der Waals surface area contributed by atoms with Crippen LogP contribution in [0.3, 0.4) is 0 Å². The van der Waals surface area contributed by atoms with Crippen molar-refractivity contribution in [2.75, 3.05) is 5.43 Å². The fourth-order valence-electron chi connectivity index (χ4n) is 2.09. The van der Waals surface area contributed by atoms with E-state index in [2.05, 4.69) is 15.5 Å². The van der Waals surface area contributed by atoms with Crippen molar-refractivity contribution < 1.29 is 4.92 Å². The first kappa shape index (κ1) is 16.3. The van der Waals surface area contributed by atoms with Gasteiger partial charge in [-0.1, -0.05) is 42.5 Å². The second-order valence-electron chi connectivity index (χ2n) is 4.86. The standard InChI is InChI=1S/C17H11N5O2S/c18-10-14(21-20-13-8-4-5-9-16(13)22(23)24)17-19-15(11-25-17)12-6-2-1-3-7-12/h1-9,11,20H/b21-14+. The lowest BCUT2D eigenvalue weighted by atomic mass is 10.2. The van der Waals surface area contributed by atoms with Crippen molar-refractivity contribution in [1.82, 2.24) is 4.98 Å². The molecule has 0 aliphatic heterocycles. The summed E-state index contributed by atoms with van der Waals surface area (Å²) in [6.45, 7) is 0. The lowest BCUT2D eigenvalue weighted by molar-refractivity contribution is -0.384. The summed E-state index contributed by atoms with van der Waals surface area (Å²) in [5, 5.41) is 26.6. The first-order valence-corrected chi connectivity index (χ1v) is 8.05. The summed E-state index contributed by atoms with van der Waals surface area (Å²) >= 11 is 1.28. The minimum absolute atomic E-state index is 0.0605. The van der Waals surface area contributed by atoms with Crippen molar-refractivity contribution in [2.45, 2.75) is 0 Å². The van der Waals surface area contributed by atoms with Gasteiger partial charge in [-0.15, -0.1) is 11.3 Å². The third-order valence-electron chi connectivity index (χ3n) is 3.27. The van der Waals surface area contributed by atoms with E-state index in [0.29, 0.717) is 5.01 Å².